The number of para-hydroxylation sites is 2. The van der Waals surface area contributed by atoms with Crippen molar-refractivity contribution in [3.05, 3.63) is 48.0 Å². The highest BCUT2D eigenvalue weighted by molar-refractivity contribution is 6.08. The molecule has 168 valence electrons. The van der Waals surface area contributed by atoms with Gasteiger partial charge in [-0.05, 0) is 43.2 Å². The number of imidazole rings is 1. The smallest absolute Gasteiger partial charge is 0.321 e. The first-order valence-electron chi connectivity index (χ1n) is 10.8. The number of esters is 1. The summed E-state index contributed by atoms with van der Waals surface area (Å²) in [5.74, 6) is -1.32. The molecular formula is C24H27N3O5. The highest BCUT2D eigenvalue weighted by Gasteiger charge is 2.47. The Morgan fingerprint density at radius 3 is 2.66 bits per heavy atom. The van der Waals surface area contributed by atoms with E-state index >= 15 is 0 Å². The van der Waals surface area contributed by atoms with Crippen LogP contribution in [0.15, 0.2) is 42.5 Å². The van der Waals surface area contributed by atoms with Gasteiger partial charge in [0.05, 0.1) is 30.8 Å². The lowest BCUT2D eigenvalue weighted by Gasteiger charge is -2.38. The van der Waals surface area contributed by atoms with Crippen LogP contribution in [-0.2, 0) is 14.3 Å². The van der Waals surface area contributed by atoms with E-state index in [9.17, 15) is 14.7 Å². The van der Waals surface area contributed by atoms with Crippen LogP contribution in [0.2, 0.25) is 0 Å². The lowest BCUT2D eigenvalue weighted by Crippen LogP contribution is -2.50. The number of aromatic hydroxyl groups is 1. The number of carbonyl (C=O) groups is 2. The summed E-state index contributed by atoms with van der Waals surface area (Å²) in [5.41, 5.74) is 2.12. The summed E-state index contributed by atoms with van der Waals surface area (Å²) in [6.07, 6.45) is 1.67. The third-order valence-electron chi connectivity index (χ3n) is 5.76. The van der Waals surface area contributed by atoms with Gasteiger partial charge in [-0.25, -0.2) is 4.98 Å². The molecule has 1 aliphatic rings. The van der Waals surface area contributed by atoms with Crippen LogP contribution in [0.3, 0.4) is 0 Å². The van der Waals surface area contributed by atoms with Gasteiger partial charge in [0.25, 0.3) is 0 Å². The van der Waals surface area contributed by atoms with Crippen molar-refractivity contribution in [2.75, 3.05) is 25.2 Å². The minimum atomic E-state index is -1.11. The number of phenolic OH excluding ortho intramolecular Hbond substituents is 1. The molecule has 0 fully saturated rings. The second-order valence-electron chi connectivity index (χ2n) is 7.72. The second-order valence-corrected chi connectivity index (χ2v) is 7.72. The SMILES string of the molecule is CCCCN1C(=O)[C@@H](C(=O)OCC)[C@@H](c2ccc(OC)c(O)c2)n2c1nc1ccccc12. The number of carbonyl (C=O) groups excluding carboxylic acids is 2. The minimum Gasteiger partial charge on any atom is -0.504 e. The first-order chi connectivity index (χ1) is 15.5. The predicted molar refractivity (Wildman–Crippen MR) is 120 cm³/mol. The van der Waals surface area contributed by atoms with Crippen molar-refractivity contribution in [1.29, 1.82) is 0 Å². The molecule has 1 aromatic heterocycles. The van der Waals surface area contributed by atoms with Gasteiger partial charge in [-0.15, -0.1) is 0 Å². The summed E-state index contributed by atoms with van der Waals surface area (Å²) in [5, 5.41) is 10.4. The molecule has 0 spiro atoms. The Labute approximate surface area is 186 Å². The van der Waals surface area contributed by atoms with Crippen molar-refractivity contribution in [1.82, 2.24) is 9.55 Å². The summed E-state index contributed by atoms with van der Waals surface area (Å²) in [4.78, 5) is 33.1. The number of aromatic nitrogens is 2. The van der Waals surface area contributed by atoms with Crippen LogP contribution in [-0.4, -0.2) is 46.8 Å². The highest BCUT2D eigenvalue weighted by atomic mass is 16.5. The number of amides is 1. The van der Waals surface area contributed by atoms with Gasteiger partial charge in [-0.2, -0.15) is 0 Å². The molecule has 2 aromatic carbocycles. The largest absolute Gasteiger partial charge is 0.504 e. The number of benzene rings is 2. The van der Waals surface area contributed by atoms with E-state index in [1.807, 2.05) is 35.8 Å². The first-order valence-corrected chi connectivity index (χ1v) is 10.8. The highest BCUT2D eigenvalue weighted by Crippen LogP contribution is 2.43. The van der Waals surface area contributed by atoms with E-state index in [1.165, 1.54) is 13.2 Å². The molecule has 8 heteroatoms. The molecular weight excluding hydrogens is 410 g/mol. The van der Waals surface area contributed by atoms with Gasteiger partial charge < -0.3 is 19.1 Å². The fourth-order valence-electron chi connectivity index (χ4n) is 4.27. The molecule has 2 atom stereocenters. The van der Waals surface area contributed by atoms with Crippen LogP contribution in [0.4, 0.5) is 5.95 Å². The summed E-state index contributed by atoms with van der Waals surface area (Å²) >= 11 is 0. The Morgan fingerprint density at radius 1 is 1.19 bits per heavy atom. The number of rotatable bonds is 7. The van der Waals surface area contributed by atoms with Gasteiger partial charge in [0, 0.05) is 6.54 Å². The van der Waals surface area contributed by atoms with E-state index in [0.29, 0.717) is 23.8 Å². The topological polar surface area (TPSA) is 93.9 Å². The average Bonchev–Trinajstić information content (AvgIpc) is 3.17. The maximum Gasteiger partial charge on any atom is 0.321 e. The monoisotopic (exact) mass is 437 g/mol. The van der Waals surface area contributed by atoms with Crippen molar-refractivity contribution in [3.63, 3.8) is 0 Å². The number of nitrogens with zero attached hydrogens (tertiary/aromatic N) is 3. The summed E-state index contributed by atoms with van der Waals surface area (Å²) in [7, 11) is 1.47. The number of fused-ring (bicyclic) bond motifs is 3. The molecule has 1 aliphatic heterocycles. The van der Waals surface area contributed by atoms with Gasteiger partial charge in [0.2, 0.25) is 11.9 Å². The van der Waals surface area contributed by atoms with Crippen LogP contribution in [0, 0.1) is 5.92 Å². The summed E-state index contributed by atoms with van der Waals surface area (Å²) in [6.45, 7) is 4.38. The third-order valence-corrected chi connectivity index (χ3v) is 5.76. The number of methoxy groups -OCH3 is 1. The van der Waals surface area contributed by atoms with Gasteiger partial charge in [0.15, 0.2) is 17.4 Å². The van der Waals surface area contributed by atoms with Gasteiger partial charge >= 0.3 is 5.97 Å². The molecule has 0 radical (unpaired) electrons. The van der Waals surface area contributed by atoms with Crippen LogP contribution in [0.25, 0.3) is 11.0 Å². The fraction of sp³-hybridized carbons (Fsp3) is 0.375. The van der Waals surface area contributed by atoms with Crippen molar-refractivity contribution in [2.45, 2.75) is 32.7 Å². The van der Waals surface area contributed by atoms with Crippen molar-refractivity contribution >= 4 is 28.9 Å². The molecule has 3 aromatic rings. The number of unbranched alkanes of at least 4 members (excludes halogenated alkanes) is 1. The molecule has 2 heterocycles. The zero-order valence-electron chi connectivity index (χ0n) is 18.4. The Morgan fingerprint density at radius 2 is 1.97 bits per heavy atom. The average molecular weight is 437 g/mol. The molecule has 0 aliphatic carbocycles. The summed E-state index contributed by atoms with van der Waals surface area (Å²) in [6, 6.07) is 11.8. The molecule has 0 saturated heterocycles. The first kappa shape index (κ1) is 21.7. The normalized spacial score (nSPS) is 18.0. The van der Waals surface area contributed by atoms with Crippen LogP contribution < -0.4 is 9.64 Å². The molecule has 0 bridgehead atoms. The van der Waals surface area contributed by atoms with Crippen molar-refractivity contribution in [2.24, 2.45) is 5.92 Å². The Balaban J connectivity index is 1.98. The standard InChI is InChI=1S/C24H27N3O5/c1-4-6-13-26-22(29)20(23(30)32-5-2)21(15-11-12-19(31-3)18(28)14-15)27-17-10-8-7-9-16(17)25-24(26)27/h7-12,14,20-21,28H,4-6,13H2,1-3H3/t20-,21+/m0/s1. The molecule has 8 nitrogen and oxygen atoms in total. The van der Waals surface area contributed by atoms with Crippen LogP contribution in [0.5, 0.6) is 11.5 Å². The summed E-state index contributed by atoms with van der Waals surface area (Å²) < 4.78 is 12.4. The molecule has 0 unspecified atom stereocenters. The molecule has 1 N–H and O–H groups in total. The molecule has 32 heavy (non-hydrogen) atoms. The van der Waals surface area contributed by atoms with Crippen molar-refractivity contribution in [3.8, 4) is 11.5 Å². The molecule has 1 amide bonds. The van der Waals surface area contributed by atoms with E-state index in [2.05, 4.69) is 0 Å². The Bertz CT molecular complexity index is 1160. The number of anilines is 1. The zero-order chi connectivity index (χ0) is 22.8. The quantitative estimate of drug-likeness (QED) is 0.448. The Hall–Kier alpha value is -3.55. The zero-order valence-corrected chi connectivity index (χ0v) is 18.4. The number of hydrogen-bond acceptors (Lipinski definition) is 6. The van der Waals surface area contributed by atoms with E-state index in [0.717, 1.165) is 23.9 Å². The molecule has 4 rings (SSSR count). The lowest BCUT2D eigenvalue weighted by molar-refractivity contribution is -0.153. The van der Waals surface area contributed by atoms with Crippen molar-refractivity contribution < 1.29 is 24.2 Å². The van der Waals surface area contributed by atoms with E-state index in [4.69, 9.17) is 14.5 Å². The minimum absolute atomic E-state index is 0.0700. The van der Waals surface area contributed by atoms with E-state index < -0.39 is 17.9 Å². The maximum absolute atomic E-state index is 13.7. The van der Waals surface area contributed by atoms with Gasteiger partial charge in [-0.1, -0.05) is 31.5 Å². The Kier molecular flexibility index (Phi) is 6.03. The van der Waals surface area contributed by atoms with E-state index in [-0.39, 0.29) is 18.3 Å². The maximum atomic E-state index is 13.7. The third kappa shape index (κ3) is 3.55. The van der Waals surface area contributed by atoms with Crippen LogP contribution in [0.1, 0.15) is 38.3 Å². The van der Waals surface area contributed by atoms with Crippen LogP contribution >= 0.6 is 0 Å². The second kappa shape index (κ2) is 8.90. The number of ether oxygens (including phenoxy) is 2. The number of phenols is 1. The molecule has 0 saturated carbocycles. The predicted octanol–water partition coefficient (Wildman–Crippen LogP) is 3.67. The lowest BCUT2D eigenvalue weighted by atomic mass is 9.89. The van der Waals surface area contributed by atoms with Gasteiger partial charge in [0.1, 0.15) is 0 Å². The van der Waals surface area contributed by atoms with Gasteiger partial charge in [-0.3, -0.25) is 14.5 Å². The van der Waals surface area contributed by atoms with E-state index in [1.54, 1.807) is 24.0 Å². The fourth-order valence-corrected chi connectivity index (χ4v) is 4.27. The number of hydrogen-bond donors (Lipinski definition) is 1.